The van der Waals surface area contributed by atoms with E-state index in [1.807, 2.05) is 0 Å². The van der Waals surface area contributed by atoms with Crippen LogP contribution in [0, 0.1) is 12.7 Å². The molecule has 1 aliphatic heterocycles. The van der Waals surface area contributed by atoms with Crippen LogP contribution in [0.4, 0.5) is 4.39 Å². The van der Waals surface area contributed by atoms with Crippen molar-refractivity contribution in [2.75, 3.05) is 19.6 Å². The fourth-order valence-electron chi connectivity index (χ4n) is 3.26. The third-order valence-corrected chi connectivity index (χ3v) is 5.36. The van der Waals surface area contributed by atoms with Gasteiger partial charge in [-0.1, -0.05) is 29.8 Å². The second-order valence-corrected chi connectivity index (χ2v) is 7.36. The van der Waals surface area contributed by atoms with Gasteiger partial charge in [0.2, 0.25) is 0 Å². The number of carbonyl (C=O) groups excluding carboxylic acids is 1. The number of halogens is 2. The Bertz CT molecular complexity index is 742. The van der Waals surface area contributed by atoms with Gasteiger partial charge in [-0.2, -0.15) is 0 Å². The normalized spacial score (nSPS) is 16.0. The van der Waals surface area contributed by atoms with Gasteiger partial charge in [-0.3, -0.25) is 9.69 Å². The minimum Gasteiger partial charge on any atom is -0.350 e. The molecule has 1 unspecified atom stereocenters. The second-order valence-electron chi connectivity index (χ2n) is 6.50. The van der Waals surface area contributed by atoms with E-state index in [9.17, 15) is 9.18 Å². The van der Waals surface area contributed by atoms with Crippen molar-refractivity contribution in [2.24, 2.45) is 0 Å². The summed E-state index contributed by atoms with van der Waals surface area (Å²) >= 11 is 3.32. The van der Waals surface area contributed by atoms with Crippen molar-refractivity contribution in [3.63, 3.8) is 0 Å². The van der Waals surface area contributed by atoms with Crippen LogP contribution in [-0.2, 0) is 0 Å². The van der Waals surface area contributed by atoms with Gasteiger partial charge in [0.05, 0.1) is 11.6 Å². The van der Waals surface area contributed by atoms with E-state index in [1.165, 1.54) is 36.1 Å². The van der Waals surface area contributed by atoms with Gasteiger partial charge in [0, 0.05) is 11.0 Å². The molecule has 1 heterocycles. The Morgan fingerprint density at radius 1 is 1.20 bits per heavy atom. The molecule has 0 radical (unpaired) electrons. The molecule has 0 aromatic heterocycles. The number of benzene rings is 2. The van der Waals surface area contributed by atoms with Gasteiger partial charge >= 0.3 is 0 Å². The molecule has 1 aliphatic rings. The molecule has 1 N–H and O–H groups in total. The molecule has 0 aliphatic carbocycles. The first-order chi connectivity index (χ1) is 12.0. The minimum absolute atomic E-state index is 0.138. The van der Waals surface area contributed by atoms with Gasteiger partial charge < -0.3 is 5.32 Å². The first-order valence-corrected chi connectivity index (χ1v) is 9.38. The number of rotatable bonds is 5. The monoisotopic (exact) mass is 404 g/mol. The third-order valence-electron chi connectivity index (χ3n) is 4.67. The summed E-state index contributed by atoms with van der Waals surface area (Å²) < 4.78 is 14.0. The number of likely N-dealkylation sites (tertiary alicyclic amines) is 1. The van der Waals surface area contributed by atoms with Crippen molar-refractivity contribution in [2.45, 2.75) is 25.8 Å². The van der Waals surface area contributed by atoms with Gasteiger partial charge in [0.1, 0.15) is 5.82 Å². The van der Waals surface area contributed by atoms with E-state index in [-0.39, 0.29) is 11.9 Å². The molecular weight excluding hydrogens is 383 g/mol. The number of amides is 1. The Hall–Kier alpha value is -1.72. The maximum Gasteiger partial charge on any atom is 0.252 e. The average Bonchev–Trinajstić information content (AvgIpc) is 3.13. The van der Waals surface area contributed by atoms with E-state index >= 15 is 0 Å². The lowest BCUT2D eigenvalue weighted by Gasteiger charge is -2.28. The molecule has 3 nitrogen and oxygen atoms in total. The summed E-state index contributed by atoms with van der Waals surface area (Å²) in [5, 5.41) is 2.98. The Balaban J connectivity index is 1.75. The Morgan fingerprint density at radius 3 is 2.56 bits per heavy atom. The number of aryl methyl sites for hydroxylation is 1. The van der Waals surface area contributed by atoms with Crippen LogP contribution in [0.15, 0.2) is 46.9 Å². The smallest absolute Gasteiger partial charge is 0.252 e. The summed E-state index contributed by atoms with van der Waals surface area (Å²) in [5.74, 6) is -0.675. The molecular formula is C20H22BrFN2O. The first kappa shape index (κ1) is 18.1. The van der Waals surface area contributed by atoms with Gasteiger partial charge in [-0.25, -0.2) is 4.39 Å². The van der Waals surface area contributed by atoms with Crippen molar-refractivity contribution >= 4 is 21.8 Å². The SMILES string of the molecule is Cc1ccc(C(CNC(=O)c2cc(F)ccc2Br)N2CCCC2)cc1. The zero-order chi connectivity index (χ0) is 17.8. The molecule has 2 aromatic rings. The molecule has 0 saturated carbocycles. The standard InChI is InChI=1S/C20H22BrFN2O/c1-14-4-6-15(7-5-14)19(24-10-2-3-11-24)13-23-20(25)17-12-16(22)8-9-18(17)21/h4-9,12,19H,2-3,10-11,13H2,1H3,(H,23,25). The maximum absolute atomic E-state index is 13.4. The Morgan fingerprint density at radius 2 is 1.88 bits per heavy atom. The van der Waals surface area contributed by atoms with E-state index in [2.05, 4.69) is 57.3 Å². The molecule has 1 amide bonds. The highest BCUT2D eigenvalue weighted by atomic mass is 79.9. The number of hydrogen-bond donors (Lipinski definition) is 1. The fourth-order valence-corrected chi connectivity index (χ4v) is 3.68. The van der Waals surface area contributed by atoms with Crippen LogP contribution < -0.4 is 5.32 Å². The van der Waals surface area contributed by atoms with Crippen molar-refractivity contribution in [1.82, 2.24) is 10.2 Å². The molecule has 25 heavy (non-hydrogen) atoms. The van der Waals surface area contributed by atoms with E-state index in [0.29, 0.717) is 16.6 Å². The Kier molecular flexibility index (Phi) is 5.86. The van der Waals surface area contributed by atoms with Gasteiger partial charge in [-0.15, -0.1) is 0 Å². The third kappa shape index (κ3) is 4.47. The summed E-state index contributed by atoms with van der Waals surface area (Å²) in [5.41, 5.74) is 2.74. The quantitative estimate of drug-likeness (QED) is 0.797. The van der Waals surface area contributed by atoms with E-state index in [0.717, 1.165) is 13.1 Å². The number of hydrogen-bond acceptors (Lipinski definition) is 2. The number of carbonyl (C=O) groups is 1. The Labute approximate surface area is 156 Å². The molecule has 132 valence electrons. The van der Waals surface area contributed by atoms with Gasteiger partial charge in [0.25, 0.3) is 5.91 Å². The van der Waals surface area contributed by atoms with Crippen molar-refractivity contribution in [1.29, 1.82) is 0 Å². The van der Waals surface area contributed by atoms with Gasteiger partial charge in [-0.05, 0) is 72.5 Å². The lowest BCUT2D eigenvalue weighted by atomic mass is 10.0. The van der Waals surface area contributed by atoms with Crippen LogP contribution >= 0.6 is 15.9 Å². The molecule has 0 bridgehead atoms. The number of nitrogens with one attached hydrogen (secondary N) is 1. The fraction of sp³-hybridized carbons (Fsp3) is 0.350. The summed E-state index contributed by atoms with van der Waals surface area (Å²) in [4.78, 5) is 14.9. The van der Waals surface area contributed by atoms with Crippen LogP contribution in [0.5, 0.6) is 0 Å². The van der Waals surface area contributed by atoms with E-state index in [4.69, 9.17) is 0 Å². The predicted molar refractivity (Wildman–Crippen MR) is 101 cm³/mol. The lowest BCUT2D eigenvalue weighted by molar-refractivity contribution is 0.0936. The zero-order valence-electron chi connectivity index (χ0n) is 14.3. The highest BCUT2D eigenvalue weighted by Gasteiger charge is 2.24. The molecule has 2 aromatic carbocycles. The summed E-state index contributed by atoms with van der Waals surface area (Å²) in [6.07, 6.45) is 2.37. The predicted octanol–water partition coefficient (Wildman–Crippen LogP) is 4.46. The topological polar surface area (TPSA) is 32.3 Å². The number of nitrogens with zero attached hydrogens (tertiary/aromatic N) is 1. The van der Waals surface area contributed by atoms with E-state index in [1.54, 1.807) is 6.07 Å². The maximum atomic E-state index is 13.4. The largest absolute Gasteiger partial charge is 0.350 e. The van der Waals surface area contributed by atoms with Gasteiger partial charge in [0.15, 0.2) is 0 Å². The highest BCUT2D eigenvalue weighted by Crippen LogP contribution is 2.25. The van der Waals surface area contributed by atoms with Crippen molar-refractivity contribution < 1.29 is 9.18 Å². The van der Waals surface area contributed by atoms with Crippen LogP contribution in [0.1, 0.15) is 40.4 Å². The van der Waals surface area contributed by atoms with Crippen molar-refractivity contribution in [3.05, 3.63) is 69.4 Å². The molecule has 1 fully saturated rings. The minimum atomic E-state index is -0.414. The molecule has 1 saturated heterocycles. The second kappa shape index (κ2) is 8.11. The highest BCUT2D eigenvalue weighted by molar-refractivity contribution is 9.10. The summed E-state index contributed by atoms with van der Waals surface area (Å²) in [6.45, 7) is 4.65. The zero-order valence-corrected chi connectivity index (χ0v) is 15.9. The van der Waals surface area contributed by atoms with Crippen molar-refractivity contribution in [3.8, 4) is 0 Å². The van der Waals surface area contributed by atoms with Crippen LogP contribution in [0.2, 0.25) is 0 Å². The molecule has 1 atom stereocenters. The van der Waals surface area contributed by atoms with E-state index < -0.39 is 5.82 Å². The first-order valence-electron chi connectivity index (χ1n) is 8.58. The lowest BCUT2D eigenvalue weighted by Crippen LogP contribution is -2.37. The van der Waals surface area contributed by atoms with Crippen LogP contribution in [0.3, 0.4) is 0 Å². The molecule has 0 spiro atoms. The van der Waals surface area contributed by atoms with Crippen LogP contribution in [-0.4, -0.2) is 30.4 Å². The molecule has 3 rings (SSSR count). The summed E-state index contributed by atoms with van der Waals surface area (Å²) in [6, 6.07) is 12.7. The molecule has 5 heteroatoms. The van der Waals surface area contributed by atoms with Crippen LogP contribution in [0.25, 0.3) is 0 Å². The summed E-state index contributed by atoms with van der Waals surface area (Å²) in [7, 11) is 0. The average molecular weight is 405 g/mol.